The fraction of sp³-hybridized carbons (Fsp3) is 1.00. The van der Waals surface area contributed by atoms with Gasteiger partial charge in [-0.05, 0) is 18.8 Å². The molecule has 0 aliphatic heterocycles. The topological polar surface area (TPSA) is 29.5 Å². The van der Waals surface area contributed by atoms with Gasteiger partial charge in [-0.3, -0.25) is 0 Å². The highest BCUT2D eigenvalue weighted by Crippen LogP contribution is 2.25. The highest BCUT2D eigenvalue weighted by atomic mass is 16.5. The summed E-state index contributed by atoms with van der Waals surface area (Å²) in [5.41, 5.74) is 0. The monoisotopic (exact) mass is 141 g/mol. The average Bonchev–Trinajstić information content (AvgIpc) is 1.94. The van der Waals surface area contributed by atoms with Gasteiger partial charge in [0.2, 0.25) is 0 Å². The zero-order valence-corrected chi connectivity index (χ0v) is 6.42. The van der Waals surface area contributed by atoms with Crippen LogP contribution in [0.15, 0.2) is 0 Å². The lowest BCUT2D eigenvalue weighted by Crippen LogP contribution is -2.26. The van der Waals surface area contributed by atoms with Crippen LogP contribution in [0.25, 0.3) is 0 Å². The molecule has 0 heterocycles. The molecule has 0 saturated heterocycles. The molecule has 0 amide bonds. The van der Waals surface area contributed by atoms with Crippen LogP contribution in [-0.2, 0) is 4.65 Å². The molecule has 0 aromatic rings. The Labute approximate surface area is 62.9 Å². The lowest BCUT2D eigenvalue weighted by molar-refractivity contribution is 0.0915. The van der Waals surface area contributed by atoms with Crippen molar-refractivity contribution < 1.29 is 9.68 Å². The van der Waals surface area contributed by atoms with Crippen molar-refractivity contribution >= 4 is 7.69 Å². The van der Waals surface area contributed by atoms with Crippen LogP contribution in [0.5, 0.6) is 0 Å². The third-order valence-electron chi connectivity index (χ3n) is 2.27. The Hall–Kier alpha value is -0.0151. The Balaban J connectivity index is 2.25. The molecule has 0 aromatic carbocycles. The van der Waals surface area contributed by atoms with Gasteiger partial charge in [0.15, 0.2) is 0 Å². The molecule has 1 radical (unpaired) electrons. The summed E-state index contributed by atoms with van der Waals surface area (Å²) >= 11 is 0. The number of rotatable bonds is 2. The Morgan fingerprint density at radius 2 is 2.10 bits per heavy atom. The maximum absolute atomic E-state index is 8.39. The fourth-order valence-corrected chi connectivity index (χ4v) is 1.56. The van der Waals surface area contributed by atoms with E-state index in [2.05, 4.69) is 6.92 Å². The zero-order valence-electron chi connectivity index (χ0n) is 6.42. The van der Waals surface area contributed by atoms with E-state index in [1.165, 1.54) is 19.3 Å². The minimum atomic E-state index is 0.263. The van der Waals surface area contributed by atoms with Crippen molar-refractivity contribution in [1.29, 1.82) is 0 Å². The maximum Gasteiger partial charge on any atom is 0.485 e. The van der Waals surface area contributed by atoms with Gasteiger partial charge in [0.05, 0.1) is 0 Å². The molecule has 1 saturated carbocycles. The Morgan fingerprint density at radius 3 is 2.70 bits per heavy atom. The molecule has 1 aliphatic carbocycles. The van der Waals surface area contributed by atoms with Gasteiger partial charge in [-0.1, -0.05) is 19.8 Å². The van der Waals surface area contributed by atoms with E-state index in [-0.39, 0.29) is 6.10 Å². The van der Waals surface area contributed by atoms with Gasteiger partial charge in [-0.15, -0.1) is 0 Å². The summed E-state index contributed by atoms with van der Waals surface area (Å²) in [5.74, 6) is 0.608. The largest absolute Gasteiger partial charge is 0.485 e. The van der Waals surface area contributed by atoms with Gasteiger partial charge in [0, 0.05) is 6.10 Å². The first-order chi connectivity index (χ1) is 4.84. The molecule has 2 atom stereocenters. The van der Waals surface area contributed by atoms with E-state index in [0.29, 0.717) is 5.92 Å². The van der Waals surface area contributed by atoms with Crippen LogP contribution < -0.4 is 0 Å². The van der Waals surface area contributed by atoms with E-state index < -0.39 is 0 Å². The van der Waals surface area contributed by atoms with Crippen LogP contribution in [0, 0.1) is 5.92 Å². The summed E-state index contributed by atoms with van der Waals surface area (Å²) in [5, 5.41) is 8.39. The summed E-state index contributed by atoms with van der Waals surface area (Å²) in [6.07, 6.45) is 5.14. The van der Waals surface area contributed by atoms with E-state index >= 15 is 0 Å². The third kappa shape index (κ3) is 1.99. The molecule has 0 aromatic heterocycles. The summed E-state index contributed by atoms with van der Waals surface area (Å²) in [6.45, 7) is 2.17. The van der Waals surface area contributed by atoms with E-state index in [9.17, 15) is 0 Å². The highest BCUT2D eigenvalue weighted by Gasteiger charge is 2.21. The predicted octanol–water partition coefficient (Wildman–Crippen LogP) is 1.11. The van der Waals surface area contributed by atoms with Crippen molar-refractivity contribution in [3.05, 3.63) is 0 Å². The lowest BCUT2D eigenvalue weighted by Gasteiger charge is -2.27. The Kier molecular flexibility index (Phi) is 3.22. The number of hydrogen-bond acceptors (Lipinski definition) is 2. The van der Waals surface area contributed by atoms with E-state index in [4.69, 9.17) is 9.68 Å². The molecule has 57 valence electrons. The van der Waals surface area contributed by atoms with E-state index in [1.54, 1.807) is 0 Å². The second-order valence-corrected chi connectivity index (χ2v) is 3.04. The molecule has 2 nitrogen and oxygen atoms in total. The van der Waals surface area contributed by atoms with Crippen molar-refractivity contribution in [2.75, 3.05) is 0 Å². The SMILES string of the molecule is CC1CCCCC1O[B]O. The first-order valence-corrected chi connectivity index (χ1v) is 3.96. The van der Waals surface area contributed by atoms with Gasteiger partial charge in [0.25, 0.3) is 0 Å². The highest BCUT2D eigenvalue weighted by molar-refractivity contribution is 6.15. The van der Waals surface area contributed by atoms with Gasteiger partial charge in [0.1, 0.15) is 0 Å². The van der Waals surface area contributed by atoms with E-state index in [1.807, 2.05) is 0 Å². The number of hydrogen-bond donors (Lipinski definition) is 1. The molecule has 1 rings (SSSR count). The average molecular weight is 141 g/mol. The minimum absolute atomic E-state index is 0.263. The maximum atomic E-state index is 8.39. The van der Waals surface area contributed by atoms with Crippen molar-refractivity contribution in [3.8, 4) is 0 Å². The summed E-state index contributed by atoms with van der Waals surface area (Å²) in [6, 6.07) is 0. The van der Waals surface area contributed by atoms with Crippen LogP contribution in [0.3, 0.4) is 0 Å². The molecule has 1 N–H and O–H groups in total. The van der Waals surface area contributed by atoms with Crippen LogP contribution in [-0.4, -0.2) is 18.8 Å². The quantitative estimate of drug-likeness (QED) is 0.583. The van der Waals surface area contributed by atoms with Crippen molar-refractivity contribution in [1.82, 2.24) is 0 Å². The normalized spacial score (nSPS) is 33.8. The fourth-order valence-electron chi connectivity index (χ4n) is 1.56. The first-order valence-electron chi connectivity index (χ1n) is 3.96. The third-order valence-corrected chi connectivity index (χ3v) is 2.27. The second kappa shape index (κ2) is 3.99. The molecule has 1 aliphatic rings. The summed E-state index contributed by atoms with van der Waals surface area (Å²) < 4.78 is 5.03. The molecule has 2 unspecified atom stereocenters. The summed E-state index contributed by atoms with van der Waals surface area (Å²) in [4.78, 5) is 0. The van der Waals surface area contributed by atoms with Crippen LogP contribution in [0.1, 0.15) is 32.6 Å². The standard InChI is InChI=1S/C7H14BO2/c1-6-4-2-3-5-7(6)10-8-9/h6-7,9H,2-5H2,1H3. The van der Waals surface area contributed by atoms with Crippen LogP contribution in [0.2, 0.25) is 0 Å². The Bertz CT molecular complexity index is 95.6. The smallest absolute Gasteiger partial charge is 0.429 e. The second-order valence-electron chi connectivity index (χ2n) is 3.04. The van der Waals surface area contributed by atoms with E-state index in [0.717, 1.165) is 14.1 Å². The van der Waals surface area contributed by atoms with Gasteiger partial charge >= 0.3 is 7.69 Å². The van der Waals surface area contributed by atoms with Gasteiger partial charge in [-0.25, -0.2) is 0 Å². The first kappa shape index (κ1) is 8.09. The van der Waals surface area contributed by atoms with Crippen LogP contribution in [0.4, 0.5) is 0 Å². The van der Waals surface area contributed by atoms with Crippen molar-refractivity contribution in [2.45, 2.75) is 38.7 Å². The molecular weight excluding hydrogens is 127 g/mol. The predicted molar refractivity (Wildman–Crippen MR) is 40.5 cm³/mol. The van der Waals surface area contributed by atoms with Crippen molar-refractivity contribution in [2.24, 2.45) is 5.92 Å². The summed E-state index contributed by atoms with van der Waals surface area (Å²) in [7, 11) is 0.826. The molecule has 0 spiro atoms. The minimum Gasteiger partial charge on any atom is -0.429 e. The van der Waals surface area contributed by atoms with Gasteiger partial charge in [-0.2, -0.15) is 0 Å². The van der Waals surface area contributed by atoms with Crippen molar-refractivity contribution in [3.63, 3.8) is 0 Å². The Morgan fingerprint density at radius 1 is 1.40 bits per heavy atom. The molecule has 3 heteroatoms. The lowest BCUT2D eigenvalue weighted by atomic mass is 9.87. The van der Waals surface area contributed by atoms with Gasteiger partial charge < -0.3 is 9.68 Å². The van der Waals surface area contributed by atoms with Crippen LogP contribution >= 0.6 is 0 Å². The molecule has 1 fully saturated rings. The molecule has 10 heavy (non-hydrogen) atoms. The molecular formula is C7H14BO2. The zero-order chi connectivity index (χ0) is 7.40. The molecule has 0 bridgehead atoms.